The minimum absolute atomic E-state index is 0.209. The van der Waals surface area contributed by atoms with E-state index >= 15 is 0 Å². The number of rotatable bonds is 5. The first-order valence-electron chi connectivity index (χ1n) is 9.64. The number of aromatic nitrogens is 4. The molecule has 3 heterocycles. The molecule has 1 N–H and O–H groups in total. The Morgan fingerprint density at radius 2 is 1.86 bits per heavy atom. The first kappa shape index (κ1) is 19.3. The summed E-state index contributed by atoms with van der Waals surface area (Å²) in [5.74, 6) is 0.0913. The van der Waals surface area contributed by atoms with Crippen molar-refractivity contribution in [3.05, 3.63) is 59.2 Å². The van der Waals surface area contributed by atoms with Crippen molar-refractivity contribution in [2.24, 2.45) is 0 Å². The average Bonchev–Trinajstić information content (AvgIpc) is 3.32. The Labute approximate surface area is 173 Å². The molecule has 0 atom stereocenters. The molecule has 148 valence electrons. The molecule has 0 unspecified atom stereocenters. The fourth-order valence-corrected chi connectivity index (χ4v) is 4.18. The second-order valence-electron chi connectivity index (χ2n) is 7.53. The standard InChI is InChI=1S/C22H23N5OS/c1-13(2)19-18(15-8-6-5-7-9-15)25-22(29-19)26-21(28)17-10-16-12-24-27(14(3)4)20(16)23-11-17/h5-14H,1-4H3,(H,25,26,28). The number of anilines is 1. The summed E-state index contributed by atoms with van der Waals surface area (Å²) in [6, 6.07) is 12.1. The zero-order valence-electron chi connectivity index (χ0n) is 16.9. The molecule has 0 saturated carbocycles. The monoisotopic (exact) mass is 405 g/mol. The molecule has 0 aliphatic carbocycles. The van der Waals surface area contributed by atoms with Gasteiger partial charge >= 0.3 is 0 Å². The third kappa shape index (κ3) is 3.78. The van der Waals surface area contributed by atoms with Crippen LogP contribution in [0.4, 0.5) is 5.13 Å². The van der Waals surface area contributed by atoms with E-state index < -0.39 is 0 Å². The van der Waals surface area contributed by atoms with E-state index in [2.05, 4.69) is 29.2 Å². The minimum Gasteiger partial charge on any atom is -0.298 e. The predicted molar refractivity (Wildman–Crippen MR) is 118 cm³/mol. The highest BCUT2D eigenvalue weighted by Gasteiger charge is 2.18. The number of nitrogens with one attached hydrogen (secondary N) is 1. The highest BCUT2D eigenvalue weighted by Crippen LogP contribution is 2.36. The lowest BCUT2D eigenvalue weighted by molar-refractivity contribution is 0.102. The normalized spacial score (nSPS) is 11.5. The van der Waals surface area contributed by atoms with Crippen LogP contribution < -0.4 is 5.32 Å². The first-order valence-corrected chi connectivity index (χ1v) is 10.5. The van der Waals surface area contributed by atoms with Gasteiger partial charge in [0.25, 0.3) is 5.91 Å². The third-order valence-corrected chi connectivity index (χ3v) is 5.90. The van der Waals surface area contributed by atoms with Gasteiger partial charge in [0, 0.05) is 28.1 Å². The van der Waals surface area contributed by atoms with Crippen LogP contribution in [0.15, 0.2) is 48.8 Å². The molecule has 29 heavy (non-hydrogen) atoms. The van der Waals surface area contributed by atoms with Crippen molar-refractivity contribution < 1.29 is 4.79 Å². The molecule has 0 fully saturated rings. The maximum Gasteiger partial charge on any atom is 0.259 e. The molecular weight excluding hydrogens is 382 g/mol. The number of carbonyl (C=O) groups is 1. The van der Waals surface area contributed by atoms with Gasteiger partial charge in [0.05, 0.1) is 17.5 Å². The van der Waals surface area contributed by atoms with Crippen molar-refractivity contribution in [3.63, 3.8) is 0 Å². The van der Waals surface area contributed by atoms with Gasteiger partial charge in [-0.2, -0.15) is 5.10 Å². The smallest absolute Gasteiger partial charge is 0.259 e. The zero-order valence-corrected chi connectivity index (χ0v) is 17.7. The van der Waals surface area contributed by atoms with Gasteiger partial charge in [-0.15, -0.1) is 11.3 Å². The van der Waals surface area contributed by atoms with Crippen LogP contribution in [0, 0.1) is 0 Å². The van der Waals surface area contributed by atoms with Crippen LogP contribution in [0.1, 0.15) is 54.9 Å². The summed E-state index contributed by atoms with van der Waals surface area (Å²) in [7, 11) is 0. The van der Waals surface area contributed by atoms with Crippen molar-refractivity contribution >= 4 is 33.4 Å². The van der Waals surface area contributed by atoms with Crippen LogP contribution in [-0.4, -0.2) is 25.7 Å². The third-order valence-electron chi connectivity index (χ3n) is 4.63. The van der Waals surface area contributed by atoms with Crippen LogP contribution in [0.3, 0.4) is 0 Å². The second-order valence-corrected chi connectivity index (χ2v) is 8.56. The molecule has 0 aliphatic rings. The zero-order chi connectivity index (χ0) is 20.5. The molecule has 0 spiro atoms. The minimum atomic E-state index is -0.222. The molecule has 0 bridgehead atoms. The highest BCUT2D eigenvalue weighted by molar-refractivity contribution is 7.16. The van der Waals surface area contributed by atoms with E-state index in [9.17, 15) is 4.79 Å². The molecule has 1 amide bonds. The van der Waals surface area contributed by atoms with Crippen LogP contribution in [0.2, 0.25) is 0 Å². The van der Waals surface area contributed by atoms with Gasteiger partial charge in [0.1, 0.15) is 0 Å². The van der Waals surface area contributed by atoms with Gasteiger partial charge in [0.15, 0.2) is 10.8 Å². The molecule has 6 nitrogen and oxygen atoms in total. The van der Waals surface area contributed by atoms with E-state index in [1.54, 1.807) is 12.4 Å². The van der Waals surface area contributed by atoms with Gasteiger partial charge in [-0.25, -0.2) is 14.6 Å². The Morgan fingerprint density at radius 3 is 2.55 bits per heavy atom. The lowest BCUT2D eigenvalue weighted by atomic mass is 10.1. The Morgan fingerprint density at radius 1 is 1.10 bits per heavy atom. The molecule has 4 aromatic rings. The second kappa shape index (κ2) is 7.75. The van der Waals surface area contributed by atoms with E-state index in [1.807, 2.05) is 54.9 Å². The molecule has 4 rings (SSSR count). The molecule has 3 aromatic heterocycles. The van der Waals surface area contributed by atoms with E-state index in [-0.39, 0.29) is 11.9 Å². The maximum absolute atomic E-state index is 12.8. The topological polar surface area (TPSA) is 72.7 Å². The van der Waals surface area contributed by atoms with E-state index in [0.29, 0.717) is 16.6 Å². The van der Waals surface area contributed by atoms with Crippen molar-refractivity contribution in [1.29, 1.82) is 0 Å². The van der Waals surface area contributed by atoms with Gasteiger partial charge in [-0.1, -0.05) is 44.2 Å². The van der Waals surface area contributed by atoms with E-state index in [4.69, 9.17) is 4.98 Å². The van der Waals surface area contributed by atoms with Crippen molar-refractivity contribution in [1.82, 2.24) is 19.7 Å². The predicted octanol–water partition coefficient (Wildman–Crippen LogP) is 5.51. The number of hydrogen-bond donors (Lipinski definition) is 1. The average molecular weight is 406 g/mol. The fourth-order valence-electron chi connectivity index (χ4n) is 3.19. The number of fused-ring (bicyclic) bond motifs is 1. The van der Waals surface area contributed by atoms with Gasteiger partial charge in [0.2, 0.25) is 0 Å². The Balaban J connectivity index is 1.62. The molecule has 0 saturated heterocycles. The van der Waals surface area contributed by atoms with Gasteiger partial charge < -0.3 is 0 Å². The first-order chi connectivity index (χ1) is 13.9. The number of nitrogens with zero attached hydrogens (tertiary/aromatic N) is 4. The van der Waals surface area contributed by atoms with Crippen LogP contribution in [0.25, 0.3) is 22.3 Å². The Bertz CT molecular complexity index is 1160. The van der Waals surface area contributed by atoms with Gasteiger partial charge in [-0.05, 0) is 25.8 Å². The van der Waals surface area contributed by atoms with Crippen LogP contribution in [0.5, 0.6) is 0 Å². The van der Waals surface area contributed by atoms with Crippen LogP contribution in [-0.2, 0) is 0 Å². The number of thiazole rings is 1. The number of hydrogen-bond acceptors (Lipinski definition) is 5. The SMILES string of the molecule is CC(C)c1sc(NC(=O)c2cnc3c(cnn3C(C)C)c2)nc1-c1ccccc1. The van der Waals surface area contributed by atoms with E-state index in [1.165, 1.54) is 11.3 Å². The van der Waals surface area contributed by atoms with Crippen molar-refractivity contribution in [2.75, 3.05) is 5.32 Å². The molecule has 7 heteroatoms. The Hall–Kier alpha value is -3.06. The summed E-state index contributed by atoms with van der Waals surface area (Å²) in [5, 5.41) is 8.74. The number of benzene rings is 1. The number of pyridine rings is 1. The summed E-state index contributed by atoms with van der Waals surface area (Å²) in [6.07, 6.45) is 3.33. The van der Waals surface area contributed by atoms with Crippen LogP contribution >= 0.6 is 11.3 Å². The number of carbonyl (C=O) groups excluding carboxylic acids is 1. The summed E-state index contributed by atoms with van der Waals surface area (Å²) in [6.45, 7) is 8.37. The van der Waals surface area contributed by atoms with Crippen molar-refractivity contribution in [2.45, 2.75) is 39.7 Å². The quantitative estimate of drug-likeness (QED) is 0.475. The highest BCUT2D eigenvalue weighted by atomic mass is 32.1. The molecule has 0 radical (unpaired) electrons. The lowest BCUT2D eigenvalue weighted by Gasteiger charge is -2.06. The Kier molecular flexibility index (Phi) is 5.15. The van der Waals surface area contributed by atoms with E-state index in [0.717, 1.165) is 27.2 Å². The fraction of sp³-hybridized carbons (Fsp3) is 0.273. The molecule has 1 aromatic carbocycles. The number of amides is 1. The molecular formula is C22H23N5OS. The summed E-state index contributed by atoms with van der Waals surface area (Å²) in [5.41, 5.74) is 3.24. The van der Waals surface area contributed by atoms with Gasteiger partial charge in [-0.3, -0.25) is 10.1 Å². The summed E-state index contributed by atoms with van der Waals surface area (Å²) < 4.78 is 1.85. The summed E-state index contributed by atoms with van der Waals surface area (Å²) >= 11 is 1.52. The summed E-state index contributed by atoms with van der Waals surface area (Å²) in [4.78, 5) is 23.1. The molecule has 0 aliphatic heterocycles. The maximum atomic E-state index is 12.8. The van der Waals surface area contributed by atoms with Crippen molar-refractivity contribution in [3.8, 4) is 11.3 Å². The lowest BCUT2D eigenvalue weighted by Crippen LogP contribution is -2.12. The largest absolute Gasteiger partial charge is 0.298 e.